The number of rotatable bonds is 6. The summed E-state index contributed by atoms with van der Waals surface area (Å²) in [4.78, 5) is 37.7. The third-order valence-electron chi connectivity index (χ3n) is 4.57. The minimum absolute atomic E-state index is 0.0830. The summed E-state index contributed by atoms with van der Waals surface area (Å²) in [6.45, 7) is 2.10. The topological polar surface area (TPSA) is 75.7 Å². The van der Waals surface area contributed by atoms with E-state index < -0.39 is 11.9 Å². The highest BCUT2D eigenvalue weighted by atomic mass is 35.5. The molecule has 3 rings (SSSR count). The lowest BCUT2D eigenvalue weighted by Crippen LogP contribution is -2.31. The summed E-state index contributed by atoms with van der Waals surface area (Å²) in [7, 11) is 0. The number of benzene rings is 2. The van der Waals surface area contributed by atoms with Crippen LogP contribution >= 0.6 is 11.6 Å². The maximum absolute atomic E-state index is 12.2. The highest BCUT2D eigenvalue weighted by Gasteiger charge is 2.22. The van der Waals surface area contributed by atoms with Gasteiger partial charge in [0.25, 0.3) is 5.91 Å². The van der Waals surface area contributed by atoms with Gasteiger partial charge >= 0.3 is 5.97 Å². The van der Waals surface area contributed by atoms with Crippen LogP contribution in [0.2, 0.25) is 5.02 Å². The zero-order chi connectivity index (χ0) is 20.1. The SMILES string of the molecule is C[C@H](NC(=O)COC(=O)c1ccc(N2CCCC2=O)cc1)c1ccccc1Cl. The number of hydrogen-bond acceptors (Lipinski definition) is 4. The van der Waals surface area contributed by atoms with Crippen molar-refractivity contribution < 1.29 is 19.1 Å². The zero-order valence-electron chi connectivity index (χ0n) is 15.5. The number of carbonyl (C=O) groups excluding carboxylic acids is 3. The molecule has 0 saturated carbocycles. The number of carbonyl (C=O) groups is 3. The van der Waals surface area contributed by atoms with Crippen LogP contribution in [0.3, 0.4) is 0 Å². The number of hydrogen-bond donors (Lipinski definition) is 1. The summed E-state index contributed by atoms with van der Waals surface area (Å²) in [5.41, 5.74) is 1.86. The minimum atomic E-state index is -0.597. The van der Waals surface area contributed by atoms with Gasteiger partial charge < -0.3 is 15.0 Å². The van der Waals surface area contributed by atoms with Gasteiger partial charge in [-0.05, 0) is 49.2 Å². The van der Waals surface area contributed by atoms with Crippen molar-refractivity contribution >= 4 is 35.1 Å². The van der Waals surface area contributed by atoms with Gasteiger partial charge in [0.1, 0.15) is 0 Å². The Kier molecular flexibility index (Phi) is 6.31. The van der Waals surface area contributed by atoms with Gasteiger partial charge in [0.05, 0.1) is 11.6 Å². The molecule has 2 aromatic carbocycles. The van der Waals surface area contributed by atoms with Crippen molar-refractivity contribution in [1.82, 2.24) is 5.32 Å². The summed E-state index contributed by atoms with van der Waals surface area (Å²) in [5, 5.41) is 3.31. The Balaban J connectivity index is 1.51. The summed E-state index contributed by atoms with van der Waals surface area (Å²) >= 11 is 6.12. The molecule has 1 N–H and O–H groups in total. The van der Waals surface area contributed by atoms with Gasteiger partial charge in [0.2, 0.25) is 5.91 Å². The average Bonchev–Trinajstić information content (AvgIpc) is 3.12. The number of esters is 1. The molecule has 6 nitrogen and oxygen atoms in total. The fourth-order valence-corrected chi connectivity index (χ4v) is 3.40. The smallest absolute Gasteiger partial charge is 0.338 e. The highest BCUT2D eigenvalue weighted by molar-refractivity contribution is 6.31. The molecule has 0 unspecified atom stereocenters. The molecule has 2 amide bonds. The molecule has 7 heteroatoms. The lowest BCUT2D eigenvalue weighted by Gasteiger charge is -2.16. The molecular weight excluding hydrogens is 380 g/mol. The summed E-state index contributed by atoms with van der Waals surface area (Å²) in [6, 6.07) is 13.5. The monoisotopic (exact) mass is 400 g/mol. The maximum atomic E-state index is 12.2. The van der Waals surface area contributed by atoms with E-state index in [1.54, 1.807) is 42.2 Å². The molecule has 1 aliphatic heterocycles. The Morgan fingerprint density at radius 3 is 2.54 bits per heavy atom. The average molecular weight is 401 g/mol. The van der Waals surface area contributed by atoms with Crippen molar-refractivity contribution in [2.24, 2.45) is 0 Å². The molecule has 146 valence electrons. The fraction of sp³-hybridized carbons (Fsp3) is 0.286. The number of nitrogens with one attached hydrogen (secondary N) is 1. The normalized spacial score (nSPS) is 14.6. The van der Waals surface area contributed by atoms with Crippen molar-refractivity contribution in [3.63, 3.8) is 0 Å². The van der Waals surface area contributed by atoms with Gasteiger partial charge in [-0.25, -0.2) is 4.79 Å². The summed E-state index contributed by atoms with van der Waals surface area (Å²) in [5.74, 6) is -0.931. The molecule has 0 aromatic heterocycles. The minimum Gasteiger partial charge on any atom is -0.452 e. The van der Waals surface area contributed by atoms with E-state index in [1.165, 1.54) is 0 Å². The molecule has 0 bridgehead atoms. The molecular formula is C21H21ClN2O4. The van der Waals surface area contributed by atoms with Crippen LogP contribution in [-0.2, 0) is 14.3 Å². The number of ether oxygens (including phenoxy) is 1. The van der Waals surface area contributed by atoms with Crippen LogP contribution in [0.1, 0.15) is 41.7 Å². The molecule has 1 aliphatic rings. The van der Waals surface area contributed by atoms with Crippen LogP contribution in [0.4, 0.5) is 5.69 Å². The van der Waals surface area contributed by atoms with Crippen molar-refractivity contribution in [2.75, 3.05) is 18.1 Å². The molecule has 0 spiro atoms. The molecule has 1 heterocycles. The van der Waals surface area contributed by atoms with Crippen LogP contribution in [-0.4, -0.2) is 30.9 Å². The largest absolute Gasteiger partial charge is 0.452 e. The van der Waals surface area contributed by atoms with E-state index in [2.05, 4.69) is 5.32 Å². The van der Waals surface area contributed by atoms with E-state index in [4.69, 9.17) is 16.3 Å². The quantitative estimate of drug-likeness (QED) is 0.753. The van der Waals surface area contributed by atoms with E-state index in [1.807, 2.05) is 18.2 Å². The standard InChI is InChI=1S/C21H21ClN2O4/c1-14(17-5-2-3-6-18(17)22)23-19(25)13-28-21(27)15-8-10-16(11-9-15)24-12-4-7-20(24)26/h2-3,5-6,8-11,14H,4,7,12-13H2,1H3,(H,23,25)/t14-/m0/s1. The van der Waals surface area contributed by atoms with E-state index in [0.29, 0.717) is 23.6 Å². The lowest BCUT2D eigenvalue weighted by atomic mass is 10.1. The Morgan fingerprint density at radius 1 is 1.18 bits per heavy atom. The predicted octanol–water partition coefficient (Wildman–Crippen LogP) is 3.50. The van der Waals surface area contributed by atoms with Crippen molar-refractivity contribution in [1.29, 1.82) is 0 Å². The first-order chi connectivity index (χ1) is 13.5. The fourth-order valence-electron chi connectivity index (χ4n) is 3.10. The number of nitrogens with zero attached hydrogens (tertiary/aromatic N) is 1. The third-order valence-corrected chi connectivity index (χ3v) is 4.92. The van der Waals surface area contributed by atoms with Crippen molar-refractivity contribution in [3.8, 4) is 0 Å². The molecule has 1 fully saturated rings. The van der Waals surface area contributed by atoms with E-state index in [0.717, 1.165) is 17.7 Å². The Bertz CT molecular complexity index is 882. The first-order valence-electron chi connectivity index (χ1n) is 9.07. The van der Waals surface area contributed by atoms with Gasteiger partial charge in [-0.3, -0.25) is 9.59 Å². The van der Waals surface area contributed by atoms with Crippen LogP contribution in [0.25, 0.3) is 0 Å². The highest BCUT2D eigenvalue weighted by Crippen LogP contribution is 2.23. The van der Waals surface area contributed by atoms with Crippen LogP contribution in [0.5, 0.6) is 0 Å². The number of anilines is 1. The van der Waals surface area contributed by atoms with E-state index in [9.17, 15) is 14.4 Å². The van der Waals surface area contributed by atoms with Crippen LogP contribution < -0.4 is 10.2 Å². The molecule has 2 aromatic rings. The molecule has 28 heavy (non-hydrogen) atoms. The van der Waals surface area contributed by atoms with Gasteiger partial charge in [-0.15, -0.1) is 0 Å². The first-order valence-corrected chi connectivity index (χ1v) is 9.45. The zero-order valence-corrected chi connectivity index (χ0v) is 16.2. The van der Waals surface area contributed by atoms with Gasteiger partial charge in [-0.1, -0.05) is 29.8 Å². The van der Waals surface area contributed by atoms with Crippen LogP contribution in [0.15, 0.2) is 48.5 Å². The maximum Gasteiger partial charge on any atom is 0.338 e. The Labute approximate surface area is 168 Å². The van der Waals surface area contributed by atoms with Gasteiger partial charge in [-0.2, -0.15) is 0 Å². The van der Waals surface area contributed by atoms with Gasteiger partial charge in [0, 0.05) is 23.7 Å². The second-order valence-electron chi connectivity index (χ2n) is 6.58. The molecule has 1 atom stereocenters. The lowest BCUT2D eigenvalue weighted by molar-refractivity contribution is -0.124. The van der Waals surface area contributed by atoms with Crippen molar-refractivity contribution in [2.45, 2.75) is 25.8 Å². The third kappa shape index (κ3) is 4.70. The number of halogens is 1. The second kappa shape index (κ2) is 8.89. The Hall–Kier alpha value is -2.86. The van der Waals surface area contributed by atoms with Gasteiger partial charge in [0.15, 0.2) is 6.61 Å². The van der Waals surface area contributed by atoms with Crippen LogP contribution in [0, 0.1) is 0 Å². The molecule has 0 aliphatic carbocycles. The molecule has 1 saturated heterocycles. The second-order valence-corrected chi connectivity index (χ2v) is 6.99. The Morgan fingerprint density at radius 2 is 1.89 bits per heavy atom. The summed E-state index contributed by atoms with van der Waals surface area (Å²) in [6.07, 6.45) is 1.38. The van der Waals surface area contributed by atoms with E-state index >= 15 is 0 Å². The first kappa shape index (κ1) is 19.9. The number of amides is 2. The summed E-state index contributed by atoms with van der Waals surface area (Å²) < 4.78 is 5.08. The predicted molar refractivity (Wildman–Crippen MR) is 106 cm³/mol. The van der Waals surface area contributed by atoms with E-state index in [-0.39, 0.29) is 18.6 Å². The van der Waals surface area contributed by atoms with Crippen molar-refractivity contribution in [3.05, 3.63) is 64.7 Å². The molecule has 0 radical (unpaired) electrons.